The van der Waals surface area contributed by atoms with Crippen molar-refractivity contribution < 1.29 is 9.84 Å². The van der Waals surface area contributed by atoms with Crippen molar-refractivity contribution in [2.24, 2.45) is 0 Å². The molecule has 3 aromatic rings. The van der Waals surface area contributed by atoms with E-state index in [4.69, 9.17) is 4.74 Å². The number of thiophene rings is 1. The number of hydrogen-bond donors (Lipinski definition) is 2. The first kappa shape index (κ1) is 21.5. The third-order valence-corrected chi connectivity index (χ3v) is 6.10. The minimum atomic E-state index is -0.636. The normalized spacial score (nSPS) is 12.6. The fourth-order valence-electron chi connectivity index (χ4n) is 3.39. The summed E-state index contributed by atoms with van der Waals surface area (Å²) in [5, 5.41) is 11.2. The summed E-state index contributed by atoms with van der Waals surface area (Å²) in [6.07, 6.45) is 0.303. The number of aliphatic hydroxyl groups excluding tert-OH is 1. The molecule has 0 saturated carbocycles. The molecule has 2 N–H and O–H groups in total. The van der Waals surface area contributed by atoms with Gasteiger partial charge in [0, 0.05) is 11.4 Å². The molecule has 0 bridgehead atoms. The molecule has 0 radical (unpaired) electrons. The summed E-state index contributed by atoms with van der Waals surface area (Å²) < 4.78 is 5.77. The molecular formula is C22H29N3O3S. The molecule has 0 spiro atoms. The van der Waals surface area contributed by atoms with E-state index in [-0.39, 0.29) is 12.2 Å². The van der Waals surface area contributed by atoms with Crippen LogP contribution >= 0.6 is 11.3 Å². The number of aromatic nitrogens is 2. The minimum absolute atomic E-state index is 0.0910. The maximum atomic E-state index is 12.5. The van der Waals surface area contributed by atoms with E-state index < -0.39 is 6.10 Å². The van der Waals surface area contributed by atoms with Gasteiger partial charge in [-0.3, -0.25) is 9.69 Å². The Morgan fingerprint density at radius 3 is 2.76 bits per heavy atom. The Bertz CT molecular complexity index is 1030. The van der Waals surface area contributed by atoms with E-state index in [2.05, 4.69) is 21.8 Å². The Morgan fingerprint density at radius 2 is 2.03 bits per heavy atom. The predicted molar refractivity (Wildman–Crippen MR) is 118 cm³/mol. The van der Waals surface area contributed by atoms with Gasteiger partial charge in [-0.2, -0.15) is 0 Å². The molecule has 0 saturated heterocycles. The van der Waals surface area contributed by atoms with Crippen LogP contribution in [0.1, 0.15) is 35.2 Å². The molecule has 2 heterocycles. The molecule has 1 aromatic carbocycles. The number of aliphatic hydroxyl groups is 1. The lowest BCUT2D eigenvalue weighted by Crippen LogP contribution is -2.36. The summed E-state index contributed by atoms with van der Waals surface area (Å²) >= 11 is 1.55. The van der Waals surface area contributed by atoms with Crippen molar-refractivity contribution in [3.05, 3.63) is 56.4 Å². The van der Waals surface area contributed by atoms with Gasteiger partial charge in [0.15, 0.2) is 0 Å². The van der Waals surface area contributed by atoms with Gasteiger partial charge in [0.1, 0.15) is 29.1 Å². The summed E-state index contributed by atoms with van der Waals surface area (Å²) in [5.41, 5.74) is 1.95. The van der Waals surface area contributed by atoms with Gasteiger partial charge in [0.25, 0.3) is 5.56 Å². The topological polar surface area (TPSA) is 78.5 Å². The van der Waals surface area contributed by atoms with Gasteiger partial charge in [-0.1, -0.05) is 25.1 Å². The third-order valence-electron chi connectivity index (χ3n) is 5.00. The highest BCUT2D eigenvalue weighted by atomic mass is 32.1. The summed E-state index contributed by atoms with van der Waals surface area (Å²) in [4.78, 5) is 24.1. The van der Waals surface area contributed by atoms with E-state index in [0.29, 0.717) is 24.3 Å². The standard InChI is InChI=1S/C22H29N3O3S/c1-5-10-25(11-17(26)13-28-18-9-7-6-8-14(18)2)12-19-23-21(27)20-15(3)16(4)29-22(20)24-19/h6-9,17,26H,5,10-13H2,1-4H3,(H,23,24,27). The van der Waals surface area contributed by atoms with Crippen LogP contribution in [0.3, 0.4) is 0 Å². The van der Waals surface area contributed by atoms with Gasteiger partial charge < -0.3 is 14.8 Å². The van der Waals surface area contributed by atoms with E-state index in [1.807, 2.05) is 45.0 Å². The van der Waals surface area contributed by atoms with Crippen molar-refractivity contribution in [1.29, 1.82) is 0 Å². The number of hydrogen-bond acceptors (Lipinski definition) is 6. The van der Waals surface area contributed by atoms with E-state index in [9.17, 15) is 9.90 Å². The van der Waals surface area contributed by atoms with Crippen LogP contribution in [0.25, 0.3) is 10.2 Å². The lowest BCUT2D eigenvalue weighted by atomic mass is 10.2. The number of aryl methyl sites for hydroxylation is 3. The number of aromatic amines is 1. The first-order valence-corrected chi connectivity index (χ1v) is 10.8. The average molecular weight is 416 g/mol. The number of fused-ring (bicyclic) bond motifs is 1. The van der Waals surface area contributed by atoms with Crippen molar-refractivity contribution >= 4 is 21.6 Å². The SMILES string of the molecule is CCCN(Cc1nc2sc(C)c(C)c2c(=O)[nH]1)CC(O)COc1ccccc1C. The Kier molecular flexibility index (Phi) is 7.05. The van der Waals surface area contributed by atoms with Gasteiger partial charge in [-0.05, 0) is 50.9 Å². The Morgan fingerprint density at radius 1 is 1.28 bits per heavy atom. The molecule has 0 aliphatic heterocycles. The van der Waals surface area contributed by atoms with E-state index in [1.165, 1.54) is 0 Å². The van der Waals surface area contributed by atoms with Crippen molar-refractivity contribution in [2.45, 2.75) is 46.8 Å². The molecule has 0 aliphatic rings. The van der Waals surface area contributed by atoms with Crippen molar-refractivity contribution in [2.75, 3.05) is 19.7 Å². The molecular weight excluding hydrogens is 386 g/mol. The summed E-state index contributed by atoms with van der Waals surface area (Å²) in [6, 6.07) is 7.77. The molecule has 0 amide bonds. The fourth-order valence-corrected chi connectivity index (χ4v) is 4.44. The highest BCUT2D eigenvalue weighted by Gasteiger charge is 2.16. The second kappa shape index (κ2) is 9.52. The molecule has 3 rings (SSSR count). The zero-order valence-corrected chi connectivity index (χ0v) is 18.3. The number of nitrogens with zero attached hydrogens (tertiary/aromatic N) is 2. The maximum Gasteiger partial charge on any atom is 0.259 e. The van der Waals surface area contributed by atoms with Gasteiger partial charge >= 0.3 is 0 Å². The highest BCUT2D eigenvalue weighted by molar-refractivity contribution is 7.18. The van der Waals surface area contributed by atoms with Gasteiger partial charge in [-0.25, -0.2) is 4.98 Å². The summed E-state index contributed by atoms with van der Waals surface area (Å²) in [7, 11) is 0. The Labute approximate surface area is 175 Å². The van der Waals surface area contributed by atoms with Crippen LogP contribution in [0.4, 0.5) is 0 Å². The van der Waals surface area contributed by atoms with Crippen LogP contribution in [-0.4, -0.2) is 45.8 Å². The van der Waals surface area contributed by atoms with Crippen LogP contribution in [0, 0.1) is 20.8 Å². The molecule has 6 nitrogen and oxygen atoms in total. The van der Waals surface area contributed by atoms with Crippen LogP contribution in [-0.2, 0) is 6.54 Å². The quantitative estimate of drug-likeness (QED) is 0.559. The molecule has 1 unspecified atom stereocenters. The fraction of sp³-hybridized carbons (Fsp3) is 0.455. The van der Waals surface area contributed by atoms with Gasteiger partial charge in [0.2, 0.25) is 0 Å². The largest absolute Gasteiger partial charge is 0.491 e. The molecule has 0 fully saturated rings. The van der Waals surface area contributed by atoms with Crippen molar-refractivity contribution in [3.8, 4) is 5.75 Å². The minimum Gasteiger partial charge on any atom is -0.491 e. The van der Waals surface area contributed by atoms with Crippen molar-refractivity contribution in [3.63, 3.8) is 0 Å². The van der Waals surface area contributed by atoms with E-state index in [1.54, 1.807) is 11.3 Å². The number of nitrogens with one attached hydrogen (secondary N) is 1. The lowest BCUT2D eigenvalue weighted by molar-refractivity contribution is 0.0645. The van der Waals surface area contributed by atoms with Gasteiger partial charge in [0.05, 0.1) is 11.9 Å². The zero-order chi connectivity index (χ0) is 21.0. The predicted octanol–water partition coefficient (Wildman–Crippen LogP) is 3.56. The molecule has 29 heavy (non-hydrogen) atoms. The maximum absolute atomic E-state index is 12.5. The monoisotopic (exact) mass is 415 g/mol. The number of benzene rings is 1. The Balaban J connectivity index is 1.67. The molecule has 0 aliphatic carbocycles. The lowest BCUT2D eigenvalue weighted by Gasteiger charge is -2.24. The first-order chi connectivity index (χ1) is 13.9. The summed E-state index contributed by atoms with van der Waals surface area (Å²) in [5.74, 6) is 1.41. The molecule has 2 aromatic heterocycles. The number of rotatable bonds is 9. The smallest absolute Gasteiger partial charge is 0.259 e. The molecule has 1 atom stereocenters. The van der Waals surface area contributed by atoms with Crippen LogP contribution in [0.2, 0.25) is 0 Å². The summed E-state index contributed by atoms with van der Waals surface area (Å²) in [6.45, 7) is 9.99. The molecule has 7 heteroatoms. The van der Waals surface area contributed by atoms with Crippen LogP contribution in [0.5, 0.6) is 5.75 Å². The molecule has 156 valence electrons. The van der Waals surface area contributed by atoms with Crippen molar-refractivity contribution in [1.82, 2.24) is 14.9 Å². The van der Waals surface area contributed by atoms with E-state index >= 15 is 0 Å². The van der Waals surface area contributed by atoms with Crippen LogP contribution in [0.15, 0.2) is 29.1 Å². The highest BCUT2D eigenvalue weighted by Crippen LogP contribution is 2.25. The second-order valence-corrected chi connectivity index (χ2v) is 8.64. The number of ether oxygens (including phenoxy) is 1. The average Bonchev–Trinajstić information content (AvgIpc) is 2.95. The van der Waals surface area contributed by atoms with E-state index in [0.717, 1.165) is 39.5 Å². The van der Waals surface area contributed by atoms with Crippen LogP contribution < -0.4 is 10.3 Å². The number of H-pyrrole nitrogens is 1. The number of para-hydroxylation sites is 1. The first-order valence-electron chi connectivity index (χ1n) is 9.96. The zero-order valence-electron chi connectivity index (χ0n) is 17.5. The Hall–Kier alpha value is -2.22. The second-order valence-electron chi connectivity index (χ2n) is 7.44. The van der Waals surface area contributed by atoms with Gasteiger partial charge in [-0.15, -0.1) is 11.3 Å². The third kappa shape index (κ3) is 5.23.